The lowest BCUT2D eigenvalue weighted by Crippen LogP contribution is -2.24. The molecule has 2 N–H and O–H groups in total. The summed E-state index contributed by atoms with van der Waals surface area (Å²) in [4.78, 5) is 2.40. The molecule has 3 rings (SSSR count). The van der Waals surface area contributed by atoms with Crippen molar-refractivity contribution in [3.63, 3.8) is 0 Å². The van der Waals surface area contributed by atoms with E-state index in [1.165, 1.54) is 24.1 Å². The van der Waals surface area contributed by atoms with Gasteiger partial charge in [-0.05, 0) is 54.8 Å². The van der Waals surface area contributed by atoms with Crippen molar-refractivity contribution in [1.29, 1.82) is 5.26 Å². The Morgan fingerprint density at radius 2 is 1.90 bits per heavy atom. The lowest BCUT2D eigenvalue weighted by Gasteiger charge is -2.25. The van der Waals surface area contributed by atoms with Crippen LogP contribution in [-0.4, -0.2) is 6.04 Å². The number of nitrogens with zero attached hydrogens (tertiary/aromatic N) is 2. The van der Waals surface area contributed by atoms with Crippen LogP contribution in [-0.2, 0) is 6.54 Å². The van der Waals surface area contributed by atoms with Crippen LogP contribution in [0.4, 0.5) is 11.4 Å². The summed E-state index contributed by atoms with van der Waals surface area (Å²) >= 11 is 0. The standard InChI is InChI=1S/C17H17N3/c18-11-13-4-6-16(7-5-13)20(17-8-9-17)12-14-2-1-3-15(19)10-14/h1-7,10,17H,8-9,12,19H2. The lowest BCUT2D eigenvalue weighted by atomic mass is 10.1. The third-order valence-corrected chi connectivity index (χ3v) is 3.62. The fraction of sp³-hybridized carbons (Fsp3) is 0.235. The van der Waals surface area contributed by atoms with E-state index >= 15 is 0 Å². The number of nitrogen functional groups attached to an aromatic ring is 1. The number of nitrogens with two attached hydrogens (primary N) is 1. The molecule has 0 aliphatic heterocycles. The zero-order chi connectivity index (χ0) is 13.9. The highest BCUT2D eigenvalue weighted by Gasteiger charge is 2.29. The van der Waals surface area contributed by atoms with Crippen LogP contribution in [0.5, 0.6) is 0 Å². The molecule has 100 valence electrons. The van der Waals surface area contributed by atoms with E-state index in [9.17, 15) is 0 Å². The van der Waals surface area contributed by atoms with Crippen molar-refractivity contribution in [2.75, 3.05) is 10.6 Å². The molecule has 0 saturated heterocycles. The van der Waals surface area contributed by atoms with Gasteiger partial charge in [0.2, 0.25) is 0 Å². The summed E-state index contributed by atoms with van der Waals surface area (Å²) in [5.41, 5.74) is 9.75. The lowest BCUT2D eigenvalue weighted by molar-refractivity contribution is 0.795. The van der Waals surface area contributed by atoms with Crippen LogP contribution in [0.15, 0.2) is 48.5 Å². The molecule has 1 saturated carbocycles. The van der Waals surface area contributed by atoms with Crippen molar-refractivity contribution < 1.29 is 0 Å². The Morgan fingerprint density at radius 3 is 2.50 bits per heavy atom. The molecule has 1 fully saturated rings. The molecule has 3 heteroatoms. The Hall–Kier alpha value is -2.47. The average molecular weight is 263 g/mol. The fourth-order valence-corrected chi connectivity index (χ4v) is 2.43. The normalized spacial score (nSPS) is 13.8. The minimum absolute atomic E-state index is 0.615. The van der Waals surface area contributed by atoms with Gasteiger partial charge in [0, 0.05) is 24.0 Å². The number of anilines is 2. The van der Waals surface area contributed by atoms with Crippen molar-refractivity contribution in [2.24, 2.45) is 0 Å². The molecular formula is C17H17N3. The maximum absolute atomic E-state index is 8.88. The van der Waals surface area contributed by atoms with E-state index in [1.807, 2.05) is 42.5 Å². The van der Waals surface area contributed by atoms with E-state index in [0.717, 1.165) is 12.2 Å². The van der Waals surface area contributed by atoms with Crippen molar-refractivity contribution in [3.8, 4) is 6.07 Å². The minimum Gasteiger partial charge on any atom is -0.399 e. The predicted octanol–water partition coefficient (Wildman–Crippen LogP) is 3.31. The van der Waals surface area contributed by atoms with Gasteiger partial charge in [-0.15, -0.1) is 0 Å². The molecule has 0 heterocycles. The first-order valence-corrected chi connectivity index (χ1v) is 6.87. The molecule has 0 radical (unpaired) electrons. The topological polar surface area (TPSA) is 53.0 Å². The first-order chi connectivity index (χ1) is 9.76. The molecule has 0 bridgehead atoms. The SMILES string of the molecule is N#Cc1ccc(N(Cc2cccc(N)c2)C2CC2)cc1. The summed E-state index contributed by atoms with van der Waals surface area (Å²) in [7, 11) is 0. The largest absolute Gasteiger partial charge is 0.399 e. The van der Waals surface area contributed by atoms with E-state index in [0.29, 0.717) is 11.6 Å². The van der Waals surface area contributed by atoms with Crippen LogP contribution in [0.25, 0.3) is 0 Å². The van der Waals surface area contributed by atoms with Gasteiger partial charge in [-0.1, -0.05) is 12.1 Å². The zero-order valence-corrected chi connectivity index (χ0v) is 11.3. The summed E-state index contributed by atoms with van der Waals surface area (Å²) in [5.74, 6) is 0. The van der Waals surface area contributed by atoms with Gasteiger partial charge in [-0.25, -0.2) is 0 Å². The number of benzene rings is 2. The Morgan fingerprint density at radius 1 is 1.15 bits per heavy atom. The second-order valence-electron chi connectivity index (χ2n) is 5.26. The molecule has 0 aromatic heterocycles. The van der Waals surface area contributed by atoms with Crippen LogP contribution in [0.3, 0.4) is 0 Å². The maximum atomic E-state index is 8.88. The average Bonchev–Trinajstić information content (AvgIpc) is 3.30. The molecule has 2 aromatic carbocycles. The number of hydrogen-bond donors (Lipinski definition) is 1. The van der Waals surface area contributed by atoms with E-state index < -0.39 is 0 Å². The van der Waals surface area contributed by atoms with E-state index in [4.69, 9.17) is 11.0 Å². The van der Waals surface area contributed by atoms with E-state index in [2.05, 4.69) is 17.0 Å². The monoisotopic (exact) mass is 263 g/mol. The molecule has 1 aliphatic carbocycles. The number of nitriles is 1. The highest BCUT2D eigenvalue weighted by Crippen LogP contribution is 2.33. The highest BCUT2D eigenvalue weighted by molar-refractivity contribution is 5.52. The third-order valence-electron chi connectivity index (χ3n) is 3.62. The Balaban J connectivity index is 1.83. The van der Waals surface area contributed by atoms with Gasteiger partial charge >= 0.3 is 0 Å². The summed E-state index contributed by atoms with van der Waals surface area (Å²) in [6, 6.07) is 18.6. The Labute approximate surface area is 119 Å². The molecule has 0 spiro atoms. The maximum Gasteiger partial charge on any atom is 0.0991 e. The van der Waals surface area contributed by atoms with Gasteiger partial charge in [-0.3, -0.25) is 0 Å². The number of rotatable bonds is 4. The first kappa shape index (κ1) is 12.6. The van der Waals surface area contributed by atoms with Crippen LogP contribution < -0.4 is 10.6 Å². The van der Waals surface area contributed by atoms with Crippen molar-refractivity contribution in [2.45, 2.75) is 25.4 Å². The molecule has 0 amide bonds. The van der Waals surface area contributed by atoms with E-state index in [-0.39, 0.29) is 0 Å². The Kier molecular flexibility index (Phi) is 3.30. The first-order valence-electron chi connectivity index (χ1n) is 6.87. The molecule has 20 heavy (non-hydrogen) atoms. The van der Waals surface area contributed by atoms with Crippen LogP contribution >= 0.6 is 0 Å². The van der Waals surface area contributed by atoms with E-state index in [1.54, 1.807) is 0 Å². The molecular weight excluding hydrogens is 246 g/mol. The molecule has 0 atom stereocenters. The van der Waals surface area contributed by atoms with Gasteiger partial charge < -0.3 is 10.6 Å². The predicted molar refractivity (Wildman–Crippen MR) is 81.2 cm³/mol. The quantitative estimate of drug-likeness (QED) is 0.861. The van der Waals surface area contributed by atoms with Crippen LogP contribution in [0.2, 0.25) is 0 Å². The number of hydrogen-bond acceptors (Lipinski definition) is 3. The third kappa shape index (κ3) is 2.75. The van der Waals surface area contributed by atoms with Gasteiger partial charge in [0.05, 0.1) is 11.6 Å². The molecule has 2 aromatic rings. The van der Waals surface area contributed by atoms with Gasteiger partial charge in [0.25, 0.3) is 0 Å². The second kappa shape index (κ2) is 5.26. The second-order valence-corrected chi connectivity index (χ2v) is 5.26. The summed E-state index contributed by atoms with van der Waals surface area (Å²) in [6.45, 7) is 0.863. The summed E-state index contributed by atoms with van der Waals surface area (Å²) in [5, 5.41) is 8.88. The molecule has 3 nitrogen and oxygen atoms in total. The summed E-state index contributed by atoms with van der Waals surface area (Å²) < 4.78 is 0. The molecule has 0 unspecified atom stereocenters. The van der Waals surface area contributed by atoms with Gasteiger partial charge in [0.1, 0.15) is 0 Å². The highest BCUT2D eigenvalue weighted by atomic mass is 15.2. The molecule has 1 aliphatic rings. The Bertz CT molecular complexity index is 636. The van der Waals surface area contributed by atoms with Crippen LogP contribution in [0, 0.1) is 11.3 Å². The smallest absolute Gasteiger partial charge is 0.0991 e. The van der Waals surface area contributed by atoms with Crippen LogP contribution in [0.1, 0.15) is 24.0 Å². The fourth-order valence-electron chi connectivity index (χ4n) is 2.43. The zero-order valence-electron chi connectivity index (χ0n) is 11.3. The van der Waals surface area contributed by atoms with Gasteiger partial charge in [0.15, 0.2) is 0 Å². The van der Waals surface area contributed by atoms with Crippen molar-refractivity contribution in [3.05, 3.63) is 59.7 Å². The van der Waals surface area contributed by atoms with Gasteiger partial charge in [-0.2, -0.15) is 5.26 Å². The minimum atomic E-state index is 0.615. The summed E-state index contributed by atoms with van der Waals surface area (Å²) in [6.07, 6.45) is 2.48. The van der Waals surface area contributed by atoms with Crippen molar-refractivity contribution in [1.82, 2.24) is 0 Å². The van der Waals surface area contributed by atoms with Crippen molar-refractivity contribution >= 4 is 11.4 Å².